The maximum atomic E-state index is 13.6. The number of nitrogens with zero attached hydrogens (tertiary/aromatic N) is 2. The van der Waals surface area contributed by atoms with Crippen LogP contribution in [-0.2, 0) is 11.3 Å². The average Bonchev–Trinajstić information content (AvgIpc) is 3.34. The molecule has 3 aliphatic rings. The molecular weight excluding hydrogens is 384 g/mol. The SMILES string of the molecule is CCOc1ccc([C@@H]2C[C@H]3CN(Cc4cccc(Cl)c4)C(=O)[C@]34CCCN24)cc1. The highest BCUT2D eigenvalue weighted by atomic mass is 35.5. The summed E-state index contributed by atoms with van der Waals surface area (Å²) in [6, 6.07) is 16.7. The van der Waals surface area contributed by atoms with Crippen molar-refractivity contribution in [1.82, 2.24) is 9.80 Å². The van der Waals surface area contributed by atoms with E-state index in [1.54, 1.807) is 0 Å². The van der Waals surface area contributed by atoms with E-state index in [9.17, 15) is 4.79 Å². The number of likely N-dealkylation sites (tertiary alicyclic amines) is 1. The molecule has 0 unspecified atom stereocenters. The van der Waals surface area contributed by atoms with Gasteiger partial charge < -0.3 is 9.64 Å². The molecule has 3 fully saturated rings. The fraction of sp³-hybridized carbons (Fsp3) is 0.458. The number of carbonyl (C=O) groups is 1. The fourth-order valence-electron chi connectivity index (χ4n) is 5.84. The van der Waals surface area contributed by atoms with E-state index in [4.69, 9.17) is 16.3 Å². The van der Waals surface area contributed by atoms with Crippen LogP contribution >= 0.6 is 11.6 Å². The first-order valence-corrected chi connectivity index (χ1v) is 11.0. The van der Waals surface area contributed by atoms with Gasteiger partial charge in [0.25, 0.3) is 0 Å². The number of hydrogen-bond acceptors (Lipinski definition) is 3. The Hall–Kier alpha value is -2.04. The Balaban J connectivity index is 1.38. The van der Waals surface area contributed by atoms with Crippen molar-refractivity contribution in [2.24, 2.45) is 5.92 Å². The van der Waals surface area contributed by atoms with Crippen LogP contribution in [0.1, 0.15) is 43.4 Å². The quantitative estimate of drug-likeness (QED) is 0.717. The summed E-state index contributed by atoms with van der Waals surface area (Å²) in [4.78, 5) is 18.2. The standard InChI is InChI=1S/C24H27ClN2O2/c1-2-29-21-9-7-18(8-10-21)22-14-19-16-26(15-17-5-3-6-20(25)13-17)23(28)24(19)11-4-12-27(22)24/h3,5-10,13,19,22H,2,4,11-12,14-16H2,1H3/t19-,22-,24-/m0/s1. The molecule has 3 saturated heterocycles. The molecule has 29 heavy (non-hydrogen) atoms. The summed E-state index contributed by atoms with van der Waals surface area (Å²) in [5.74, 6) is 1.62. The second-order valence-corrected chi connectivity index (χ2v) is 8.92. The largest absolute Gasteiger partial charge is 0.494 e. The minimum atomic E-state index is -0.304. The van der Waals surface area contributed by atoms with Gasteiger partial charge in [-0.15, -0.1) is 0 Å². The van der Waals surface area contributed by atoms with Crippen molar-refractivity contribution in [1.29, 1.82) is 0 Å². The summed E-state index contributed by atoms with van der Waals surface area (Å²) in [5.41, 5.74) is 2.11. The van der Waals surface area contributed by atoms with Gasteiger partial charge in [0.1, 0.15) is 11.3 Å². The molecule has 2 aromatic carbocycles. The molecule has 3 heterocycles. The molecule has 0 bridgehead atoms. The summed E-state index contributed by atoms with van der Waals surface area (Å²) >= 11 is 6.15. The first-order valence-electron chi connectivity index (χ1n) is 10.6. The summed E-state index contributed by atoms with van der Waals surface area (Å²) in [5, 5.41) is 0.727. The predicted octanol–water partition coefficient (Wildman–Crippen LogP) is 4.68. The van der Waals surface area contributed by atoms with E-state index < -0.39 is 0 Å². The zero-order valence-corrected chi connectivity index (χ0v) is 17.6. The van der Waals surface area contributed by atoms with Crippen molar-refractivity contribution >= 4 is 17.5 Å². The Bertz CT molecular complexity index is 915. The van der Waals surface area contributed by atoms with Crippen molar-refractivity contribution < 1.29 is 9.53 Å². The lowest BCUT2D eigenvalue weighted by atomic mass is 9.85. The van der Waals surface area contributed by atoms with Crippen LogP contribution in [0.2, 0.25) is 5.02 Å². The minimum Gasteiger partial charge on any atom is -0.494 e. The lowest BCUT2D eigenvalue weighted by Crippen LogP contribution is -2.49. The van der Waals surface area contributed by atoms with Crippen LogP contribution in [0.5, 0.6) is 5.75 Å². The van der Waals surface area contributed by atoms with Crippen molar-refractivity contribution in [3.63, 3.8) is 0 Å². The van der Waals surface area contributed by atoms with E-state index in [2.05, 4.69) is 40.1 Å². The van der Waals surface area contributed by atoms with E-state index in [1.165, 1.54) is 5.56 Å². The molecule has 0 saturated carbocycles. The van der Waals surface area contributed by atoms with Crippen LogP contribution in [0.3, 0.4) is 0 Å². The molecule has 1 spiro atoms. The Morgan fingerprint density at radius 3 is 2.79 bits per heavy atom. The van der Waals surface area contributed by atoms with E-state index >= 15 is 0 Å². The molecule has 152 valence electrons. The zero-order chi connectivity index (χ0) is 20.0. The van der Waals surface area contributed by atoms with E-state index in [0.29, 0.717) is 31.0 Å². The maximum Gasteiger partial charge on any atom is 0.243 e. The molecule has 0 aromatic heterocycles. The molecule has 0 N–H and O–H groups in total. The van der Waals surface area contributed by atoms with Gasteiger partial charge in [-0.1, -0.05) is 35.9 Å². The Morgan fingerprint density at radius 1 is 1.21 bits per heavy atom. The Kier molecular flexibility index (Phi) is 4.79. The van der Waals surface area contributed by atoms with Crippen molar-refractivity contribution in [3.05, 3.63) is 64.7 Å². The van der Waals surface area contributed by atoms with Crippen LogP contribution in [0, 0.1) is 5.92 Å². The van der Waals surface area contributed by atoms with E-state index in [1.807, 2.05) is 25.1 Å². The van der Waals surface area contributed by atoms with Crippen LogP contribution < -0.4 is 4.74 Å². The molecule has 3 atom stereocenters. The second-order valence-electron chi connectivity index (χ2n) is 8.49. The third-order valence-corrected chi connectivity index (χ3v) is 7.20. The second kappa shape index (κ2) is 7.33. The van der Waals surface area contributed by atoms with Gasteiger partial charge >= 0.3 is 0 Å². The predicted molar refractivity (Wildman–Crippen MR) is 114 cm³/mol. The van der Waals surface area contributed by atoms with Gasteiger partial charge in [-0.3, -0.25) is 9.69 Å². The maximum absolute atomic E-state index is 13.6. The Labute approximate surface area is 177 Å². The first kappa shape index (κ1) is 19.0. The van der Waals surface area contributed by atoms with Gasteiger partial charge in [-0.05, 0) is 68.1 Å². The highest BCUT2D eigenvalue weighted by Gasteiger charge is 2.64. The van der Waals surface area contributed by atoms with Gasteiger partial charge in [0.05, 0.1) is 6.61 Å². The molecule has 5 heteroatoms. The smallest absolute Gasteiger partial charge is 0.243 e. The number of halogens is 1. The molecule has 4 nitrogen and oxygen atoms in total. The first-order chi connectivity index (χ1) is 14.1. The summed E-state index contributed by atoms with van der Waals surface area (Å²) in [6.07, 6.45) is 3.13. The number of benzene rings is 2. The molecular formula is C24H27ClN2O2. The van der Waals surface area contributed by atoms with Crippen molar-refractivity contribution in [3.8, 4) is 5.75 Å². The highest BCUT2D eigenvalue weighted by molar-refractivity contribution is 6.30. The number of amides is 1. The third-order valence-electron chi connectivity index (χ3n) is 6.97. The lowest BCUT2D eigenvalue weighted by molar-refractivity contribution is -0.137. The molecule has 2 aromatic rings. The van der Waals surface area contributed by atoms with Crippen LogP contribution in [0.15, 0.2) is 48.5 Å². The number of hydrogen-bond donors (Lipinski definition) is 0. The van der Waals surface area contributed by atoms with Gasteiger partial charge in [0.2, 0.25) is 5.91 Å². The van der Waals surface area contributed by atoms with Crippen LogP contribution in [0.4, 0.5) is 0 Å². The Morgan fingerprint density at radius 2 is 2.03 bits per heavy atom. The van der Waals surface area contributed by atoms with Gasteiger partial charge in [0.15, 0.2) is 0 Å². The van der Waals surface area contributed by atoms with E-state index in [0.717, 1.165) is 48.7 Å². The van der Waals surface area contributed by atoms with Gasteiger partial charge in [0, 0.05) is 30.1 Å². The lowest BCUT2D eigenvalue weighted by Gasteiger charge is -2.33. The van der Waals surface area contributed by atoms with Crippen LogP contribution in [0.25, 0.3) is 0 Å². The van der Waals surface area contributed by atoms with Gasteiger partial charge in [-0.25, -0.2) is 0 Å². The number of rotatable bonds is 5. The number of carbonyl (C=O) groups excluding carboxylic acids is 1. The van der Waals surface area contributed by atoms with E-state index in [-0.39, 0.29) is 5.54 Å². The molecule has 1 amide bonds. The minimum absolute atomic E-state index is 0.304. The normalized spacial score (nSPS) is 28.6. The number of ether oxygens (including phenoxy) is 1. The fourth-order valence-corrected chi connectivity index (χ4v) is 6.05. The molecule has 0 radical (unpaired) electrons. The summed E-state index contributed by atoms with van der Waals surface area (Å²) in [7, 11) is 0. The molecule has 5 rings (SSSR count). The monoisotopic (exact) mass is 410 g/mol. The molecule has 3 aliphatic heterocycles. The average molecular weight is 411 g/mol. The third kappa shape index (κ3) is 3.04. The topological polar surface area (TPSA) is 32.8 Å². The van der Waals surface area contributed by atoms with Crippen molar-refractivity contribution in [2.75, 3.05) is 19.7 Å². The molecule has 0 aliphatic carbocycles. The van der Waals surface area contributed by atoms with Gasteiger partial charge in [-0.2, -0.15) is 0 Å². The highest BCUT2D eigenvalue weighted by Crippen LogP contribution is 2.56. The van der Waals surface area contributed by atoms with Crippen LogP contribution in [-0.4, -0.2) is 40.9 Å². The van der Waals surface area contributed by atoms with Crippen molar-refractivity contribution in [2.45, 2.75) is 44.3 Å². The summed E-state index contributed by atoms with van der Waals surface area (Å²) in [6.45, 7) is 5.18. The summed E-state index contributed by atoms with van der Waals surface area (Å²) < 4.78 is 5.60. The zero-order valence-electron chi connectivity index (χ0n) is 16.8.